The third kappa shape index (κ3) is 1.05. The van der Waals surface area contributed by atoms with Crippen LogP contribution in [0.3, 0.4) is 0 Å². The molecule has 2 nitrogen and oxygen atoms in total. The largest absolute Gasteiger partial charge is 0.355 e. The first-order valence-electron chi connectivity index (χ1n) is 6.01. The molecule has 1 saturated carbocycles. The highest BCUT2D eigenvalue weighted by Crippen LogP contribution is 2.53. The average Bonchev–Trinajstić information content (AvgIpc) is 2.95. The molecule has 0 aromatic heterocycles. The smallest absolute Gasteiger partial charge is 0.190 e. The molecule has 1 fully saturated rings. The Labute approximate surface area is 96.3 Å². The summed E-state index contributed by atoms with van der Waals surface area (Å²) < 4.78 is 0. The van der Waals surface area contributed by atoms with Gasteiger partial charge in [0, 0.05) is 17.3 Å². The summed E-state index contributed by atoms with van der Waals surface area (Å²) in [6.45, 7) is 6.38. The van der Waals surface area contributed by atoms with Crippen LogP contribution in [0.4, 0.5) is 5.69 Å². The number of rotatable bonds is 1. The van der Waals surface area contributed by atoms with Gasteiger partial charge >= 0.3 is 0 Å². The molecule has 0 saturated heterocycles. The molecule has 0 radical (unpaired) electrons. The van der Waals surface area contributed by atoms with Crippen LogP contribution in [0.15, 0.2) is 18.2 Å². The van der Waals surface area contributed by atoms with Crippen LogP contribution >= 0.6 is 0 Å². The zero-order chi connectivity index (χ0) is 11.5. The Balaban J connectivity index is 2.19. The lowest BCUT2D eigenvalue weighted by Crippen LogP contribution is -2.42. The fourth-order valence-electron chi connectivity index (χ4n) is 2.99. The van der Waals surface area contributed by atoms with Crippen LogP contribution < -0.4 is 4.90 Å². The molecule has 3 rings (SSSR count). The van der Waals surface area contributed by atoms with Crippen molar-refractivity contribution in [2.75, 3.05) is 4.90 Å². The molecule has 1 aromatic rings. The number of aryl methyl sites for hydroxylation is 1. The number of carbonyl (C=O) groups is 1. The minimum Gasteiger partial charge on any atom is -0.355 e. The molecule has 84 valence electrons. The normalized spacial score (nSPS) is 20.8. The highest BCUT2D eigenvalue weighted by atomic mass is 16.1. The summed E-state index contributed by atoms with van der Waals surface area (Å²) in [5, 5.41) is 0. The van der Waals surface area contributed by atoms with Crippen molar-refractivity contribution in [2.45, 2.75) is 45.2 Å². The van der Waals surface area contributed by atoms with Crippen LogP contribution in [-0.2, 0) is 0 Å². The SMILES string of the molecule is Cc1ccc2c(c1)C(=O)C1(CC1)N2C(C)C. The highest BCUT2D eigenvalue weighted by Gasteiger charge is 2.60. The van der Waals surface area contributed by atoms with E-state index in [2.05, 4.69) is 30.9 Å². The van der Waals surface area contributed by atoms with Gasteiger partial charge in [0.25, 0.3) is 0 Å². The van der Waals surface area contributed by atoms with Crippen molar-refractivity contribution >= 4 is 11.5 Å². The van der Waals surface area contributed by atoms with Crippen LogP contribution in [0, 0.1) is 6.92 Å². The van der Waals surface area contributed by atoms with Gasteiger partial charge in [0.2, 0.25) is 0 Å². The van der Waals surface area contributed by atoms with Gasteiger partial charge in [-0.15, -0.1) is 0 Å². The summed E-state index contributed by atoms with van der Waals surface area (Å²) in [5.41, 5.74) is 3.09. The number of nitrogens with zero attached hydrogens (tertiary/aromatic N) is 1. The van der Waals surface area contributed by atoms with Crippen molar-refractivity contribution in [3.8, 4) is 0 Å². The van der Waals surface area contributed by atoms with E-state index in [0.29, 0.717) is 11.8 Å². The lowest BCUT2D eigenvalue weighted by molar-refractivity contribution is 0.0956. The zero-order valence-electron chi connectivity index (χ0n) is 10.1. The van der Waals surface area contributed by atoms with Crippen molar-refractivity contribution in [1.82, 2.24) is 0 Å². The third-order valence-electron chi connectivity index (χ3n) is 3.78. The molecule has 1 heterocycles. The molecule has 0 atom stereocenters. The maximum absolute atomic E-state index is 12.4. The molecule has 1 aliphatic heterocycles. The van der Waals surface area contributed by atoms with Gasteiger partial charge in [-0.1, -0.05) is 11.6 Å². The van der Waals surface area contributed by atoms with E-state index in [4.69, 9.17) is 0 Å². The topological polar surface area (TPSA) is 20.3 Å². The van der Waals surface area contributed by atoms with Crippen molar-refractivity contribution in [3.05, 3.63) is 29.3 Å². The predicted molar refractivity (Wildman–Crippen MR) is 65.1 cm³/mol. The minimum atomic E-state index is -0.162. The number of hydrogen-bond donors (Lipinski definition) is 0. The first kappa shape index (κ1) is 9.88. The standard InChI is InChI=1S/C14H17NO/c1-9(2)15-12-5-4-10(3)8-11(12)13(16)14(15)6-7-14/h4-5,8-9H,6-7H2,1-3H3. The van der Waals surface area contributed by atoms with Gasteiger partial charge in [-0.3, -0.25) is 4.79 Å². The molecule has 16 heavy (non-hydrogen) atoms. The molecule has 0 unspecified atom stereocenters. The number of Topliss-reactive ketones (excluding diaryl/α,β-unsaturated/α-hetero) is 1. The maximum atomic E-state index is 12.4. The van der Waals surface area contributed by atoms with E-state index in [9.17, 15) is 4.79 Å². The van der Waals surface area contributed by atoms with Gasteiger partial charge in [0.15, 0.2) is 5.78 Å². The van der Waals surface area contributed by atoms with E-state index in [1.165, 1.54) is 5.56 Å². The summed E-state index contributed by atoms with van der Waals surface area (Å²) in [4.78, 5) is 14.7. The second kappa shape index (κ2) is 2.88. The fourth-order valence-corrected chi connectivity index (χ4v) is 2.99. The van der Waals surface area contributed by atoms with E-state index >= 15 is 0 Å². The van der Waals surface area contributed by atoms with E-state index in [0.717, 1.165) is 24.1 Å². The highest BCUT2D eigenvalue weighted by molar-refractivity contribution is 6.16. The summed E-state index contributed by atoms with van der Waals surface area (Å²) in [6, 6.07) is 6.65. The van der Waals surface area contributed by atoms with Gasteiger partial charge < -0.3 is 4.90 Å². The van der Waals surface area contributed by atoms with Crippen molar-refractivity contribution < 1.29 is 4.79 Å². The lowest BCUT2D eigenvalue weighted by Gasteiger charge is -2.30. The number of fused-ring (bicyclic) bond motifs is 1. The van der Waals surface area contributed by atoms with E-state index in [-0.39, 0.29) is 5.54 Å². The summed E-state index contributed by atoms with van der Waals surface area (Å²) in [7, 11) is 0. The molecule has 2 heteroatoms. The molecule has 1 spiro atoms. The third-order valence-corrected chi connectivity index (χ3v) is 3.78. The van der Waals surface area contributed by atoms with Gasteiger partial charge in [-0.2, -0.15) is 0 Å². The van der Waals surface area contributed by atoms with Crippen LogP contribution in [-0.4, -0.2) is 17.4 Å². The first-order valence-corrected chi connectivity index (χ1v) is 6.01. The number of anilines is 1. The Morgan fingerprint density at radius 3 is 2.56 bits per heavy atom. The van der Waals surface area contributed by atoms with Gasteiger partial charge in [-0.25, -0.2) is 0 Å². The van der Waals surface area contributed by atoms with Crippen molar-refractivity contribution in [2.24, 2.45) is 0 Å². The Morgan fingerprint density at radius 1 is 1.31 bits per heavy atom. The summed E-state index contributed by atoms with van der Waals surface area (Å²) in [5.74, 6) is 0.347. The molecule has 0 bridgehead atoms. The summed E-state index contributed by atoms with van der Waals surface area (Å²) >= 11 is 0. The van der Waals surface area contributed by atoms with E-state index in [1.54, 1.807) is 0 Å². The Kier molecular flexibility index (Phi) is 1.78. The van der Waals surface area contributed by atoms with E-state index in [1.807, 2.05) is 13.0 Å². The second-order valence-corrected chi connectivity index (χ2v) is 5.35. The van der Waals surface area contributed by atoms with Crippen molar-refractivity contribution in [3.63, 3.8) is 0 Å². The quantitative estimate of drug-likeness (QED) is 0.718. The lowest BCUT2D eigenvalue weighted by atomic mass is 10.1. The van der Waals surface area contributed by atoms with Crippen LogP contribution in [0.2, 0.25) is 0 Å². The van der Waals surface area contributed by atoms with Gasteiger partial charge in [-0.05, 0) is 45.7 Å². The number of carbonyl (C=O) groups excluding carboxylic acids is 1. The number of benzene rings is 1. The second-order valence-electron chi connectivity index (χ2n) is 5.35. The molecule has 1 aliphatic carbocycles. The molecule has 2 aliphatic rings. The van der Waals surface area contributed by atoms with Gasteiger partial charge in [0.1, 0.15) is 5.54 Å². The average molecular weight is 215 g/mol. The molecular weight excluding hydrogens is 198 g/mol. The minimum absolute atomic E-state index is 0.162. The van der Waals surface area contributed by atoms with Crippen LogP contribution in [0.5, 0.6) is 0 Å². The van der Waals surface area contributed by atoms with Crippen LogP contribution in [0.25, 0.3) is 0 Å². The number of hydrogen-bond acceptors (Lipinski definition) is 2. The maximum Gasteiger partial charge on any atom is 0.190 e. The first-order chi connectivity index (χ1) is 7.56. The van der Waals surface area contributed by atoms with Crippen LogP contribution in [0.1, 0.15) is 42.6 Å². The zero-order valence-corrected chi connectivity index (χ0v) is 10.1. The predicted octanol–water partition coefficient (Wildman–Crippen LogP) is 2.94. The van der Waals surface area contributed by atoms with E-state index < -0.39 is 0 Å². The molecule has 0 amide bonds. The van der Waals surface area contributed by atoms with Gasteiger partial charge in [0.05, 0.1) is 0 Å². The number of ketones is 1. The Morgan fingerprint density at radius 2 is 2.00 bits per heavy atom. The van der Waals surface area contributed by atoms with Crippen molar-refractivity contribution in [1.29, 1.82) is 0 Å². The Bertz CT molecular complexity index is 472. The molecule has 0 N–H and O–H groups in total. The Hall–Kier alpha value is -1.31. The fraction of sp³-hybridized carbons (Fsp3) is 0.500. The molecule has 1 aromatic carbocycles. The monoisotopic (exact) mass is 215 g/mol. The molecular formula is C14H17NO. The summed E-state index contributed by atoms with van der Waals surface area (Å²) in [6.07, 6.45) is 2.05.